The Morgan fingerprint density at radius 2 is 1.71 bits per heavy atom. The lowest BCUT2D eigenvalue weighted by molar-refractivity contribution is 0.416. The van der Waals surface area contributed by atoms with E-state index in [-0.39, 0.29) is 11.3 Å². The van der Waals surface area contributed by atoms with Crippen molar-refractivity contribution in [2.75, 3.05) is 7.11 Å². The van der Waals surface area contributed by atoms with Gasteiger partial charge in [0.05, 0.1) is 23.9 Å². The Balaban J connectivity index is 2.09. The summed E-state index contributed by atoms with van der Waals surface area (Å²) in [6.45, 7) is 0. The fraction of sp³-hybridized carbons (Fsp3) is 0.0625. The first-order chi connectivity index (χ1) is 10.2. The highest BCUT2D eigenvalue weighted by Crippen LogP contribution is 2.35. The number of hydrogen-bond acceptors (Lipinski definition) is 3. The second-order valence-electron chi connectivity index (χ2n) is 4.33. The van der Waals surface area contributed by atoms with Gasteiger partial charge in [0.2, 0.25) is 0 Å². The molecular weight excluding hydrogens is 292 g/mol. The van der Waals surface area contributed by atoms with Crippen LogP contribution in [0, 0.1) is 11.6 Å². The number of halogens is 2. The van der Waals surface area contributed by atoms with E-state index in [1.807, 2.05) is 24.3 Å². The van der Waals surface area contributed by atoms with Crippen molar-refractivity contribution in [1.82, 2.24) is 4.98 Å². The minimum Gasteiger partial charge on any atom is -0.496 e. The topological polar surface area (TPSA) is 22.1 Å². The van der Waals surface area contributed by atoms with E-state index in [4.69, 9.17) is 4.74 Å². The Hall–Kier alpha value is -2.27. The van der Waals surface area contributed by atoms with Crippen molar-refractivity contribution in [3.05, 3.63) is 59.5 Å². The normalized spacial score (nSPS) is 10.6. The summed E-state index contributed by atoms with van der Waals surface area (Å²) in [5.74, 6) is -0.564. The standard InChI is InChI=1S/C16H11F2NOS/c1-20-14-8-3-2-5-10(14)16-19-13(9-21-16)15-11(17)6-4-7-12(15)18/h2-9H,1H3. The molecule has 1 heterocycles. The van der Waals surface area contributed by atoms with Gasteiger partial charge >= 0.3 is 0 Å². The van der Waals surface area contributed by atoms with Crippen molar-refractivity contribution < 1.29 is 13.5 Å². The van der Waals surface area contributed by atoms with E-state index in [1.165, 1.54) is 29.5 Å². The van der Waals surface area contributed by atoms with Crippen LogP contribution in [0.1, 0.15) is 0 Å². The summed E-state index contributed by atoms with van der Waals surface area (Å²) in [6.07, 6.45) is 0. The molecule has 3 aromatic rings. The summed E-state index contributed by atoms with van der Waals surface area (Å²) < 4.78 is 32.9. The fourth-order valence-electron chi connectivity index (χ4n) is 2.08. The van der Waals surface area contributed by atoms with Gasteiger partial charge in [0.15, 0.2) is 0 Å². The van der Waals surface area contributed by atoms with Gasteiger partial charge in [0.25, 0.3) is 0 Å². The monoisotopic (exact) mass is 303 g/mol. The van der Waals surface area contributed by atoms with Crippen molar-refractivity contribution in [2.45, 2.75) is 0 Å². The lowest BCUT2D eigenvalue weighted by Gasteiger charge is -2.05. The molecule has 2 aromatic carbocycles. The van der Waals surface area contributed by atoms with E-state index in [0.29, 0.717) is 10.8 Å². The molecule has 0 unspecified atom stereocenters. The number of aromatic nitrogens is 1. The fourth-order valence-corrected chi connectivity index (χ4v) is 2.92. The third-order valence-electron chi connectivity index (χ3n) is 3.06. The van der Waals surface area contributed by atoms with Crippen molar-refractivity contribution in [3.63, 3.8) is 0 Å². The smallest absolute Gasteiger partial charge is 0.135 e. The first kappa shape index (κ1) is 13.7. The average Bonchev–Trinajstić information content (AvgIpc) is 2.96. The second-order valence-corrected chi connectivity index (χ2v) is 5.19. The molecule has 0 aliphatic carbocycles. The molecule has 0 aliphatic rings. The van der Waals surface area contributed by atoms with Crippen LogP contribution >= 0.6 is 11.3 Å². The van der Waals surface area contributed by atoms with Crippen LogP contribution in [-0.4, -0.2) is 12.1 Å². The summed E-state index contributed by atoms with van der Waals surface area (Å²) in [4.78, 5) is 4.34. The van der Waals surface area contributed by atoms with Gasteiger partial charge in [-0.05, 0) is 24.3 Å². The van der Waals surface area contributed by atoms with E-state index in [0.717, 1.165) is 5.56 Å². The van der Waals surface area contributed by atoms with Crippen LogP contribution in [0.2, 0.25) is 0 Å². The highest BCUT2D eigenvalue weighted by atomic mass is 32.1. The van der Waals surface area contributed by atoms with Gasteiger partial charge in [-0.25, -0.2) is 13.8 Å². The average molecular weight is 303 g/mol. The molecule has 0 aliphatic heterocycles. The summed E-state index contributed by atoms with van der Waals surface area (Å²) >= 11 is 1.32. The number of benzene rings is 2. The van der Waals surface area contributed by atoms with E-state index >= 15 is 0 Å². The van der Waals surface area contributed by atoms with Gasteiger partial charge in [-0.3, -0.25) is 0 Å². The van der Waals surface area contributed by atoms with E-state index in [2.05, 4.69) is 4.98 Å². The first-order valence-electron chi connectivity index (χ1n) is 6.24. The van der Waals surface area contributed by atoms with Crippen LogP contribution in [0.15, 0.2) is 47.8 Å². The largest absolute Gasteiger partial charge is 0.496 e. The zero-order valence-electron chi connectivity index (χ0n) is 11.1. The van der Waals surface area contributed by atoms with Crippen LogP contribution in [0.3, 0.4) is 0 Å². The van der Waals surface area contributed by atoms with Crippen LogP contribution in [0.5, 0.6) is 5.75 Å². The van der Waals surface area contributed by atoms with Gasteiger partial charge in [0.1, 0.15) is 22.4 Å². The lowest BCUT2D eigenvalue weighted by Crippen LogP contribution is -1.90. The van der Waals surface area contributed by atoms with Crippen LogP contribution in [0.4, 0.5) is 8.78 Å². The van der Waals surface area contributed by atoms with Crippen molar-refractivity contribution in [1.29, 1.82) is 0 Å². The predicted molar refractivity (Wildman–Crippen MR) is 79.5 cm³/mol. The summed E-state index contributed by atoms with van der Waals surface area (Å²) in [5.41, 5.74) is 0.986. The van der Waals surface area contributed by atoms with Gasteiger partial charge in [-0.2, -0.15) is 0 Å². The summed E-state index contributed by atoms with van der Waals surface area (Å²) in [5, 5.41) is 2.30. The first-order valence-corrected chi connectivity index (χ1v) is 7.12. The Kier molecular flexibility index (Phi) is 3.66. The van der Waals surface area contributed by atoms with Crippen molar-refractivity contribution in [3.8, 4) is 27.6 Å². The van der Waals surface area contributed by atoms with E-state index in [1.54, 1.807) is 12.5 Å². The SMILES string of the molecule is COc1ccccc1-c1nc(-c2c(F)cccc2F)cs1. The minimum absolute atomic E-state index is 0.102. The Morgan fingerprint density at radius 1 is 1.00 bits per heavy atom. The zero-order chi connectivity index (χ0) is 14.8. The summed E-state index contributed by atoms with van der Waals surface area (Å²) in [6, 6.07) is 11.2. The van der Waals surface area contributed by atoms with Crippen LogP contribution < -0.4 is 4.74 Å². The minimum atomic E-state index is -0.619. The maximum absolute atomic E-state index is 13.8. The van der Waals surface area contributed by atoms with Crippen molar-refractivity contribution in [2.24, 2.45) is 0 Å². The second kappa shape index (κ2) is 5.61. The van der Waals surface area contributed by atoms with Gasteiger partial charge in [-0.15, -0.1) is 11.3 Å². The number of para-hydroxylation sites is 1. The molecule has 106 valence electrons. The predicted octanol–water partition coefficient (Wildman–Crippen LogP) is 4.76. The molecule has 0 radical (unpaired) electrons. The molecule has 3 rings (SSSR count). The zero-order valence-corrected chi connectivity index (χ0v) is 12.0. The Labute approximate surface area is 124 Å². The molecule has 0 saturated heterocycles. The lowest BCUT2D eigenvalue weighted by atomic mass is 10.1. The van der Waals surface area contributed by atoms with Crippen LogP contribution in [0.25, 0.3) is 21.8 Å². The third kappa shape index (κ3) is 2.52. The van der Waals surface area contributed by atoms with Gasteiger partial charge in [0, 0.05) is 5.38 Å². The number of methoxy groups -OCH3 is 1. The number of thiazole rings is 1. The molecule has 21 heavy (non-hydrogen) atoms. The quantitative estimate of drug-likeness (QED) is 0.695. The maximum atomic E-state index is 13.8. The Morgan fingerprint density at radius 3 is 2.43 bits per heavy atom. The van der Waals surface area contributed by atoms with E-state index in [9.17, 15) is 8.78 Å². The molecule has 0 amide bonds. The molecule has 0 spiro atoms. The molecule has 0 N–H and O–H groups in total. The maximum Gasteiger partial charge on any atom is 0.135 e. The molecule has 0 atom stereocenters. The molecule has 0 fully saturated rings. The van der Waals surface area contributed by atoms with Gasteiger partial charge < -0.3 is 4.74 Å². The molecule has 0 bridgehead atoms. The Bertz CT molecular complexity index is 765. The molecule has 1 aromatic heterocycles. The number of hydrogen-bond donors (Lipinski definition) is 0. The van der Waals surface area contributed by atoms with Gasteiger partial charge in [-0.1, -0.05) is 18.2 Å². The molecule has 0 saturated carbocycles. The van der Waals surface area contributed by atoms with Crippen molar-refractivity contribution >= 4 is 11.3 Å². The number of rotatable bonds is 3. The van der Waals surface area contributed by atoms with E-state index < -0.39 is 11.6 Å². The number of ether oxygens (including phenoxy) is 1. The highest BCUT2D eigenvalue weighted by molar-refractivity contribution is 7.13. The highest BCUT2D eigenvalue weighted by Gasteiger charge is 2.16. The molecular formula is C16H11F2NOS. The number of nitrogens with zero attached hydrogens (tertiary/aromatic N) is 1. The summed E-state index contributed by atoms with van der Waals surface area (Å²) in [7, 11) is 1.57. The van der Waals surface area contributed by atoms with Crippen LogP contribution in [-0.2, 0) is 0 Å². The molecule has 5 heteroatoms. The third-order valence-corrected chi connectivity index (χ3v) is 3.94. The molecule has 2 nitrogen and oxygen atoms in total.